The van der Waals surface area contributed by atoms with E-state index in [9.17, 15) is 9.59 Å². The van der Waals surface area contributed by atoms with Crippen LogP contribution in [0.4, 0.5) is 5.69 Å². The second-order valence-corrected chi connectivity index (χ2v) is 12.6. The van der Waals surface area contributed by atoms with E-state index in [1.807, 2.05) is 29.2 Å². The van der Waals surface area contributed by atoms with E-state index in [0.717, 1.165) is 49.0 Å². The first-order valence-electron chi connectivity index (χ1n) is 13.4. The van der Waals surface area contributed by atoms with E-state index < -0.39 is 5.97 Å². The summed E-state index contributed by atoms with van der Waals surface area (Å²) in [4.78, 5) is 30.0. The van der Waals surface area contributed by atoms with Crippen molar-refractivity contribution in [2.24, 2.45) is 17.3 Å². The fourth-order valence-corrected chi connectivity index (χ4v) is 5.90. The van der Waals surface area contributed by atoms with Gasteiger partial charge in [0, 0.05) is 17.4 Å². The van der Waals surface area contributed by atoms with Crippen LogP contribution in [0, 0.1) is 29.1 Å². The van der Waals surface area contributed by atoms with E-state index in [4.69, 9.17) is 9.47 Å². The summed E-state index contributed by atoms with van der Waals surface area (Å²) in [7, 11) is 1.39. The van der Waals surface area contributed by atoms with Crippen molar-refractivity contribution in [2.75, 3.05) is 12.0 Å². The Balaban J connectivity index is 1.59. The Bertz CT molecular complexity index is 1140. The van der Waals surface area contributed by atoms with Crippen LogP contribution in [-0.2, 0) is 20.9 Å². The van der Waals surface area contributed by atoms with E-state index in [0.29, 0.717) is 23.1 Å². The van der Waals surface area contributed by atoms with E-state index in [2.05, 4.69) is 51.7 Å². The lowest BCUT2D eigenvalue weighted by molar-refractivity contribution is -0.125. The molecule has 2 aliphatic carbocycles. The number of benzene rings is 1. The summed E-state index contributed by atoms with van der Waals surface area (Å²) < 4.78 is 11.3. The number of methoxy groups -OCH3 is 1. The number of esters is 1. The first kappa shape index (κ1) is 27.4. The van der Waals surface area contributed by atoms with E-state index >= 15 is 0 Å². The first-order valence-corrected chi connectivity index (χ1v) is 14.2. The van der Waals surface area contributed by atoms with Gasteiger partial charge in [0.25, 0.3) is 0 Å². The predicted molar refractivity (Wildman–Crippen MR) is 149 cm³/mol. The number of anilines is 1. The Hall–Kier alpha value is -2.62. The maximum Gasteiger partial charge on any atom is 0.350 e. The van der Waals surface area contributed by atoms with Crippen molar-refractivity contribution >= 4 is 28.9 Å². The number of thiophene rings is 1. The number of carbonyl (C=O) groups is 2. The van der Waals surface area contributed by atoms with Gasteiger partial charge in [-0.25, -0.2) is 4.79 Å². The van der Waals surface area contributed by atoms with Crippen LogP contribution in [-0.4, -0.2) is 31.1 Å². The molecule has 37 heavy (non-hydrogen) atoms. The minimum absolute atomic E-state index is 0.00550. The lowest BCUT2D eigenvalue weighted by atomic mass is 9.80. The van der Waals surface area contributed by atoms with Crippen molar-refractivity contribution in [1.29, 1.82) is 0 Å². The van der Waals surface area contributed by atoms with Gasteiger partial charge in [-0.2, -0.15) is 0 Å². The van der Waals surface area contributed by atoms with Gasteiger partial charge >= 0.3 is 5.97 Å². The Kier molecular flexibility index (Phi) is 8.77. The molecular weight excluding hydrogens is 482 g/mol. The maximum atomic E-state index is 14.0. The summed E-state index contributed by atoms with van der Waals surface area (Å²) in [6.07, 6.45) is 5.51. The molecule has 2 fully saturated rings. The Morgan fingerprint density at radius 1 is 1.08 bits per heavy atom. The van der Waals surface area contributed by atoms with Crippen LogP contribution in [0.3, 0.4) is 0 Å². The molecule has 1 amide bonds. The molecule has 0 atom stereocenters. The van der Waals surface area contributed by atoms with Gasteiger partial charge in [0.15, 0.2) is 0 Å². The van der Waals surface area contributed by atoms with Gasteiger partial charge in [0.05, 0.1) is 30.4 Å². The lowest BCUT2D eigenvalue weighted by Gasteiger charge is -2.44. The smallest absolute Gasteiger partial charge is 0.350 e. The Labute approximate surface area is 225 Å². The third kappa shape index (κ3) is 7.03. The standard InChI is InChI=1S/C31H39NO4S/c1-21-11-13-23(14-12-21)29(33)32(24-17-25(18-24)36-20-22-9-7-6-8-10-22)27-19-26(15-16-31(2,3)4)37-28(27)30(34)35-5/h6-10,19,21,23-25H,11-14,17-18,20H2,1-5H3/t21-,23-,24?,25?. The molecule has 0 unspecified atom stereocenters. The topological polar surface area (TPSA) is 55.8 Å². The van der Waals surface area contributed by atoms with E-state index in [1.54, 1.807) is 0 Å². The molecule has 1 heterocycles. The molecule has 1 aromatic carbocycles. The normalized spacial score (nSPS) is 23.4. The third-order valence-corrected chi connectivity index (χ3v) is 8.29. The van der Waals surface area contributed by atoms with Gasteiger partial charge in [0.2, 0.25) is 5.91 Å². The minimum Gasteiger partial charge on any atom is -0.465 e. The summed E-state index contributed by atoms with van der Waals surface area (Å²) in [5.41, 5.74) is 1.62. The highest BCUT2D eigenvalue weighted by molar-refractivity contribution is 7.15. The van der Waals surface area contributed by atoms with Crippen LogP contribution in [0.5, 0.6) is 0 Å². The molecule has 0 saturated heterocycles. The number of hydrogen-bond donors (Lipinski definition) is 0. The van der Waals surface area contributed by atoms with Crippen molar-refractivity contribution in [3.05, 3.63) is 51.7 Å². The minimum atomic E-state index is -0.421. The van der Waals surface area contributed by atoms with Crippen molar-refractivity contribution < 1.29 is 19.1 Å². The van der Waals surface area contributed by atoms with Crippen LogP contribution in [0.1, 0.15) is 86.3 Å². The monoisotopic (exact) mass is 521 g/mol. The quantitative estimate of drug-likeness (QED) is 0.296. The van der Waals surface area contributed by atoms with E-state index in [1.165, 1.54) is 18.4 Å². The Morgan fingerprint density at radius 2 is 1.76 bits per heavy atom. The average molecular weight is 522 g/mol. The summed E-state index contributed by atoms with van der Waals surface area (Å²) in [6, 6.07) is 12.1. The fraction of sp³-hybridized carbons (Fsp3) is 0.548. The summed E-state index contributed by atoms with van der Waals surface area (Å²) in [5.74, 6) is 6.81. The van der Waals surface area contributed by atoms with Crippen LogP contribution in [0.15, 0.2) is 36.4 Å². The molecule has 2 aliphatic rings. The second kappa shape index (κ2) is 11.8. The fourth-order valence-electron chi connectivity index (χ4n) is 4.98. The van der Waals surface area contributed by atoms with Crippen molar-refractivity contribution in [2.45, 2.75) is 85.0 Å². The highest BCUT2D eigenvalue weighted by Gasteiger charge is 2.42. The summed E-state index contributed by atoms with van der Waals surface area (Å²) in [5, 5.41) is 0. The van der Waals surface area contributed by atoms with Gasteiger partial charge in [-0.05, 0) is 76.8 Å². The number of hydrogen-bond acceptors (Lipinski definition) is 5. The first-order chi connectivity index (χ1) is 17.6. The maximum absolute atomic E-state index is 14.0. The second-order valence-electron chi connectivity index (χ2n) is 11.5. The molecular formula is C31H39NO4S. The van der Waals surface area contributed by atoms with Gasteiger partial charge in [-0.15, -0.1) is 11.3 Å². The number of nitrogens with zero attached hydrogens (tertiary/aromatic N) is 1. The van der Waals surface area contributed by atoms with Gasteiger partial charge in [-0.3, -0.25) is 4.79 Å². The van der Waals surface area contributed by atoms with Crippen LogP contribution < -0.4 is 4.90 Å². The number of ether oxygens (including phenoxy) is 2. The lowest BCUT2D eigenvalue weighted by Crippen LogP contribution is -2.53. The molecule has 1 aromatic heterocycles. The zero-order valence-corrected chi connectivity index (χ0v) is 23.5. The SMILES string of the molecule is COC(=O)c1sc(C#CC(C)(C)C)cc1N(C(=O)[C@H]1CC[C@H](C)CC1)C1CC(OCc2ccccc2)C1. The van der Waals surface area contributed by atoms with Gasteiger partial charge in [-0.1, -0.05) is 49.1 Å². The number of amides is 1. The summed E-state index contributed by atoms with van der Waals surface area (Å²) >= 11 is 1.31. The third-order valence-electron chi connectivity index (χ3n) is 7.27. The van der Waals surface area contributed by atoms with Crippen molar-refractivity contribution in [3.8, 4) is 11.8 Å². The van der Waals surface area contributed by atoms with Crippen molar-refractivity contribution in [1.82, 2.24) is 0 Å². The molecule has 2 aromatic rings. The average Bonchev–Trinajstić information content (AvgIpc) is 3.27. The molecule has 2 saturated carbocycles. The predicted octanol–water partition coefficient (Wildman–Crippen LogP) is 6.84. The molecule has 0 aliphatic heterocycles. The highest BCUT2D eigenvalue weighted by Crippen LogP contribution is 2.41. The zero-order valence-electron chi connectivity index (χ0n) is 22.7. The van der Waals surface area contributed by atoms with E-state index in [-0.39, 0.29) is 29.4 Å². The molecule has 0 spiro atoms. The molecule has 0 N–H and O–H groups in total. The number of carbonyl (C=O) groups excluding carboxylic acids is 2. The van der Waals surface area contributed by atoms with Crippen LogP contribution in [0.2, 0.25) is 0 Å². The Morgan fingerprint density at radius 3 is 2.38 bits per heavy atom. The zero-order chi connectivity index (χ0) is 26.6. The van der Waals surface area contributed by atoms with Gasteiger partial charge < -0.3 is 14.4 Å². The number of rotatable bonds is 7. The molecule has 0 radical (unpaired) electrons. The molecule has 198 valence electrons. The molecule has 4 rings (SSSR count). The van der Waals surface area contributed by atoms with Crippen LogP contribution >= 0.6 is 11.3 Å². The van der Waals surface area contributed by atoms with Crippen LogP contribution in [0.25, 0.3) is 0 Å². The highest BCUT2D eigenvalue weighted by atomic mass is 32.1. The molecule has 0 bridgehead atoms. The summed E-state index contributed by atoms with van der Waals surface area (Å²) in [6.45, 7) is 8.98. The van der Waals surface area contributed by atoms with Gasteiger partial charge in [0.1, 0.15) is 4.88 Å². The molecule has 6 heteroatoms. The largest absolute Gasteiger partial charge is 0.465 e. The molecule has 5 nitrogen and oxygen atoms in total. The van der Waals surface area contributed by atoms with Crippen molar-refractivity contribution in [3.63, 3.8) is 0 Å².